The molecule has 0 aromatic heterocycles. The lowest BCUT2D eigenvalue weighted by atomic mass is 10.3. The first-order valence-electron chi connectivity index (χ1n) is 15.0. The minimum atomic E-state index is -3.42. The smallest absolute Gasteiger partial charge is 0.469 e. The van der Waals surface area contributed by atoms with Gasteiger partial charge in [-0.2, -0.15) is 0 Å². The summed E-state index contributed by atoms with van der Waals surface area (Å²) in [5, 5.41) is 0. The van der Waals surface area contributed by atoms with Gasteiger partial charge in [0.2, 0.25) is 0 Å². The highest BCUT2D eigenvalue weighted by Gasteiger charge is 2.52. The van der Waals surface area contributed by atoms with Gasteiger partial charge in [0.15, 0.2) is 25.0 Å². The SMILES string of the molecule is CC=CC(=O)OCCC[Si](O[Si](C)(C)CCCC(=O)OC)(O[Si](C)(C)CCCC(=O)OC)O[Si](C)(C)CCCC(=O)OC. The van der Waals surface area contributed by atoms with Crippen LogP contribution in [0.3, 0.4) is 0 Å². The minimum Gasteiger partial charge on any atom is -0.469 e. The zero-order valence-electron chi connectivity index (χ0n) is 28.1. The van der Waals surface area contributed by atoms with E-state index in [9.17, 15) is 19.2 Å². The molecule has 0 aliphatic rings. The maximum absolute atomic E-state index is 12.0. The zero-order valence-corrected chi connectivity index (χ0v) is 32.1. The molecule has 0 aliphatic carbocycles. The van der Waals surface area contributed by atoms with Crippen LogP contribution in [0.5, 0.6) is 0 Å². The quantitative estimate of drug-likeness (QED) is 0.0416. The molecule has 0 aliphatic heterocycles. The van der Waals surface area contributed by atoms with Crippen LogP contribution in [0.4, 0.5) is 0 Å². The third-order valence-corrected chi connectivity index (χ3v) is 22.6. The Morgan fingerprint density at radius 1 is 0.558 bits per heavy atom. The average Bonchev–Trinajstić information content (AvgIpc) is 2.89. The predicted octanol–water partition coefficient (Wildman–Crippen LogP) is 5.96. The Balaban J connectivity index is 6.27. The maximum Gasteiger partial charge on any atom is 0.469 e. The summed E-state index contributed by atoms with van der Waals surface area (Å²) in [4.78, 5) is 47.3. The average molecular weight is 681 g/mol. The Kier molecular flexibility index (Phi) is 19.6. The molecule has 0 amide bonds. The normalized spacial score (nSPS) is 12.7. The fourth-order valence-electron chi connectivity index (χ4n) is 4.56. The van der Waals surface area contributed by atoms with Crippen molar-refractivity contribution in [2.75, 3.05) is 27.9 Å². The van der Waals surface area contributed by atoms with E-state index in [0.717, 1.165) is 0 Å². The molecule has 43 heavy (non-hydrogen) atoms. The fourth-order valence-corrected chi connectivity index (χ4v) is 22.4. The Labute approximate surface area is 263 Å². The van der Waals surface area contributed by atoms with Crippen LogP contribution in [0.25, 0.3) is 0 Å². The molecule has 0 radical (unpaired) electrons. The van der Waals surface area contributed by atoms with E-state index in [0.29, 0.717) is 69.1 Å². The van der Waals surface area contributed by atoms with Crippen molar-refractivity contribution in [1.82, 2.24) is 0 Å². The number of hydrogen-bond acceptors (Lipinski definition) is 11. The fraction of sp³-hybridized carbons (Fsp3) is 0.786. The van der Waals surface area contributed by atoms with E-state index >= 15 is 0 Å². The van der Waals surface area contributed by atoms with Gasteiger partial charge in [0.05, 0.1) is 27.9 Å². The van der Waals surface area contributed by atoms with Gasteiger partial charge in [-0.15, -0.1) is 0 Å². The lowest BCUT2D eigenvalue weighted by Crippen LogP contribution is -2.62. The first kappa shape index (κ1) is 41.4. The zero-order chi connectivity index (χ0) is 33.2. The van der Waals surface area contributed by atoms with Gasteiger partial charge in [0.1, 0.15) is 0 Å². The van der Waals surface area contributed by atoms with Gasteiger partial charge in [0.25, 0.3) is 0 Å². The monoisotopic (exact) mass is 680 g/mol. The van der Waals surface area contributed by atoms with Crippen LogP contribution in [0.1, 0.15) is 51.9 Å². The third kappa shape index (κ3) is 20.1. The maximum atomic E-state index is 12.0. The summed E-state index contributed by atoms with van der Waals surface area (Å²) in [5.41, 5.74) is 0. The number of rotatable bonds is 23. The molecular weight excluding hydrogens is 625 g/mol. The van der Waals surface area contributed by atoms with Crippen LogP contribution in [0.2, 0.25) is 63.5 Å². The summed E-state index contributed by atoms with van der Waals surface area (Å²) in [7, 11) is -6.61. The van der Waals surface area contributed by atoms with Gasteiger partial charge < -0.3 is 31.3 Å². The van der Waals surface area contributed by atoms with Crippen LogP contribution < -0.4 is 0 Å². The number of methoxy groups -OCH3 is 3. The van der Waals surface area contributed by atoms with E-state index in [1.165, 1.54) is 27.4 Å². The first-order chi connectivity index (χ1) is 19.9. The van der Waals surface area contributed by atoms with Gasteiger partial charge in [-0.05, 0) is 90.0 Å². The van der Waals surface area contributed by atoms with Gasteiger partial charge in [-0.25, -0.2) is 4.79 Å². The first-order valence-corrected chi connectivity index (χ1v) is 26.3. The topological polar surface area (TPSA) is 133 Å². The standard InChI is InChI=1S/C28H56O11Si4/c1-11-16-28(32)36-20-15-24-43(37-40(5,6)21-12-17-25(29)33-2,38-41(7,8)22-13-18-26(30)34-3)39-42(9,10)23-14-19-27(31)35-4/h11,16H,12-15,17-24H2,1-10H3. The van der Waals surface area contributed by atoms with Gasteiger partial charge >= 0.3 is 32.7 Å². The number of ether oxygens (including phenoxy) is 4. The van der Waals surface area contributed by atoms with Crippen molar-refractivity contribution in [2.24, 2.45) is 0 Å². The largest absolute Gasteiger partial charge is 0.469 e. The Hall–Kier alpha value is -1.63. The highest BCUT2D eigenvalue weighted by atomic mass is 28.5. The molecule has 0 aromatic carbocycles. The van der Waals surface area contributed by atoms with Crippen LogP contribution in [0.15, 0.2) is 12.2 Å². The summed E-state index contributed by atoms with van der Waals surface area (Å²) < 4.78 is 41.1. The van der Waals surface area contributed by atoms with Crippen molar-refractivity contribution in [1.29, 1.82) is 0 Å². The van der Waals surface area contributed by atoms with E-state index in [4.69, 9.17) is 31.3 Å². The van der Waals surface area contributed by atoms with Crippen LogP contribution in [-0.4, -0.2) is 85.6 Å². The van der Waals surface area contributed by atoms with Gasteiger partial charge in [-0.3, -0.25) is 14.4 Å². The molecule has 11 nitrogen and oxygen atoms in total. The molecule has 0 heterocycles. The third-order valence-electron chi connectivity index (χ3n) is 6.63. The van der Waals surface area contributed by atoms with E-state index in [1.54, 1.807) is 13.0 Å². The number of esters is 4. The summed E-state index contributed by atoms with van der Waals surface area (Å²) in [5.74, 6) is -1.20. The highest BCUT2D eigenvalue weighted by molar-refractivity contribution is 6.90. The molecule has 0 spiro atoms. The second kappa shape index (κ2) is 20.4. The Morgan fingerprint density at radius 3 is 1.21 bits per heavy atom. The van der Waals surface area contributed by atoms with Crippen molar-refractivity contribution < 1.29 is 50.5 Å². The number of allylic oxidation sites excluding steroid dienone is 1. The molecule has 15 heteroatoms. The molecule has 0 fully saturated rings. The van der Waals surface area contributed by atoms with Gasteiger partial charge in [-0.1, -0.05) is 6.08 Å². The van der Waals surface area contributed by atoms with Crippen molar-refractivity contribution in [3.8, 4) is 0 Å². The molecule has 0 saturated heterocycles. The minimum absolute atomic E-state index is 0.187. The predicted molar refractivity (Wildman–Crippen MR) is 175 cm³/mol. The molecule has 0 N–H and O–H groups in total. The molecule has 0 atom stereocenters. The second-order valence-electron chi connectivity index (χ2n) is 12.3. The lowest BCUT2D eigenvalue weighted by Gasteiger charge is -2.45. The summed E-state index contributed by atoms with van der Waals surface area (Å²) in [6, 6.07) is 2.56. The van der Waals surface area contributed by atoms with Crippen LogP contribution >= 0.6 is 0 Å². The highest BCUT2D eigenvalue weighted by Crippen LogP contribution is 2.34. The second-order valence-corrected chi connectivity index (χ2v) is 28.7. The lowest BCUT2D eigenvalue weighted by molar-refractivity contribution is -0.141. The summed E-state index contributed by atoms with van der Waals surface area (Å²) in [6.45, 7) is 14.5. The summed E-state index contributed by atoms with van der Waals surface area (Å²) >= 11 is 0. The van der Waals surface area contributed by atoms with Crippen molar-refractivity contribution in [3.05, 3.63) is 12.2 Å². The molecule has 0 unspecified atom stereocenters. The molecule has 0 bridgehead atoms. The van der Waals surface area contributed by atoms with Crippen molar-refractivity contribution in [3.63, 3.8) is 0 Å². The van der Waals surface area contributed by atoms with E-state index < -0.39 is 39.7 Å². The molecule has 0 aromatic rings. The van der Waals surface area contributed by atoms with Gasteiger partial charge in [0, 0.05) is 31.4 Å². The Morgan fingerprint density at radius 2 is 0.907 bits per heavy atom. The summed E-state index contributed by atoms with van der Waals surface area (Å²) in [6.07, 6.45) is 6.26. The van der Waals surface area contributed by atoms with Crippen molar-refractivity contribution in [2.45, 2.75) is 115 Å². The number of carbonyl (C=O) groups excluding carboxylic acids is 4. The van der Waals surface area contributed by atoms with E-state index in [1.807, 2.05) is 0 Å². The molecule has 250 valence electrons. The van der Waals surface area contributed by atoms with Crippen LogP contribution in [0, 0.1) is 0 Å². The van der Waals surface area contributed by atoms with E-state index in [-0.39, 0.29) is 24.5 Å². The Bertz CT molecular complexity index is 819. The van der Waals surface area contributed by atoms with Crippen molar-refractivity contribution >= 4 is 57.6 Å². The molecule has 0 rings (SSSR count). The molecular formula is C28H56O11Si4. The van der Waals surface area contributed by atoms with E-state index in [2.05, 4.69) is 39.3 Å². The number of hydrogen-bond donors (Lipinski definition) is 0. The molecule has 0 saturated carbocycles. The number of carbonyl (C=O) groups is 4. The van der Waals surface area contributed by atoms with Crippen LogP contribution in [-0.2, 0) is 50.5 Å².